The van der Waals surface area contributed by atoms with E-state index in [1.807, 2.05) is 12.1 Å². The van der Waals surface area contributed by atoms with E-state index >= 15 is 0 Å². The Hall–Kier alpha value is -2.60. The van der Waals surface area contributed by atoms with Crippen LogP contribution >= 0.6 is 11.6 Å². The summed E-state index contributed by atoms with van der Waals surface area (Å²) in [6, 6.07) is 12.0. The van der Waals surface area contributed by atoms with Gasteiger partial charge in [-0.1, -0.05) is 23.7 Å². The van der Waals surface area contributed by atoms with Crippen LogP contribution in [0.25, 0.3) is 0 Å². The molecule has 1 aliphatic rings. The molecule has 0 spiro atoms. The van der Waals surface area contributed by atoms with Gasteiger partial charge in [0.15, 0.2) is 0 Å². The number of benzene rings is 2. The average Bonchev–Trinajstić information content (AvgIpc) is 3.20. The molecule has 1 fully saturated rings. The van der Waals surface area contributed by atoms with Crippen LogP contribution in [0.1, 0.15) is 18.4 Å². The number of carbonyl (C=O) groups is 2. The first-order valence-electron chi connectivity index (χ1n) is 8.91. The van der Waals surface area contributed by atoms with Crippen LogP contribution in [0.4, 0.5) is 15.8 Å². The minimum Gasteiger partial charge on any atom is -0.372 e. The molecule has 0 atom stereocenters. The van der Waals surface area contributed by atoms with E-state index in [9.17, 15) is 14.0 Å². The van der Waals surface area contributed by atoms with Crippen LogP contribution in [0.15, 0.2) is 42.5 Å². The number of nitrogens with one attached hydrogen (secondary N) is 2. The van der Waals surface area contributed by atoms with Gasteiger partial charge in [-0.25, -0.2) is 4.39 Å². The van der Waals surface area contributed by atoms with Crippen molar-refractivity contribution < 1.29 is 14.0 Å². The van der Waals surface area contributed by atoms with Gasteiger partial charge >= 0.3 is 11.8 Å². The van der Waals surface area contributed by atoms with E-state index in [-0.39, 0.29) is 10.7 Å². The van der Waals surface area contributed by atoms with Crippen molar-refractivity contribution in [2.24, 2.45) is 0 Å². The van der Waals surface area contributed by atoms with Crippen LogP contribution in [-0.4, -0.2) is 31.4 Å². The normalized spacial score (nSPS) is 13.5. The molecule has 0 saturated carbocycles. The van der Waals surface area contributed by atoms with Gasteiger partial charge in [-0.2, -0.15) is 0 Å². The third-order valence-electron chi connectivity index (χ3n) is 4.49. The largest absolute Gasteiger partial charge is 0.372 e. The lowest BCUT2D eigenvalue weighted by atomic mass is 10.1. The van der Waals surface area contributed by atoms with Gasteiger partial charge in [-0.05, 0) is 55.2 Å². The number of hydrogen-bond donors (Lipinski definition) is 2. The number of hydrogen-bond acceptors (Lipinski definition) is 3. The number of anilines is 2. The van der Waals surface area contributed by atoms with Crippen molar-refractivity contribution in [2.75, 3.05) is 29.9 Å². The fourth-order valence-corrected chi connectivity index (χ4v) is 3.19. The molecule has 2 N–H and O–H groups in total. The summed E-state index contributed by atoms with van der Waals surface area (Å²) < 4.78 is 13.1. The molecule has 0 aliphatic carbocycles. The Morgan fingerprint density at radius 1 is 1.04 bits per heavy atom. The Morgan fingerprint density at radius 3 is 2.41 bits per heavy atom. The summed E-state index contributed by atoms with van der Waals surface area (Å²) in [6.45, 7) is 2.55. The van der Waals surface area contributed by atoms with Crippen LogP contribution in [0, 0.1) is 5.82 Å². The van der Waals surface area contributed by atoms with Gasteiger partial charge in [0.05, 0.1) is 5.02 Å². The molecule has 5 nitrogen and oxygen atoms in total. The highest BCUT2D eigenvalue weighted by Crippen LogP contribution is 2.21. The van der Waals surface area contributed by atoms with Crippen LogP contribution in [-0.2, 0) is 16.0 Å². The quantitative estimate of drug-likeness (QED) is 0.771. The van der Waals surface area contributed by atoms with Crippen LogP contribution in [0.5, 0.6) is 0 Å². The number of rotatable bonds is 5. The summed E-state index contributed by atoms with van der Waals surface area (Å²) in [5.74, 6) is -2.15. The molecule has 27 heavy (non-hydrogen) atoms. The molecule has 0 unspecified atom stereocenters. The molecule has 7 heteroatoms. The topological polar surface area (TPSA) is 61.4 Å². The molecular formula is C20H21ClFN3O2. The lowest BCUT2D eigenvalue weighted by molar-refractivity contribution is -0.136. The molecule has 1 aliphatic heterocycles. The zero-order chi connectivity index (χ0) is 19.2. The second kappa shape index (κ2) is 8.86. The second-order valence-corrected chi connectivity index (χ2v) is 6.86. The van der Waals surface area contributed by atoms with Crippen LogP contribution in [0.3, 0.4) is 0 Å². The average molecular weight is 390 g/mol. The minimum absolute atomic E-state index is 0.120. The zero-order valence-corrected chi connectivity index (χ0v) is 15.6. The molecule has 142 valence electrons. The van der Waals surface area contributed by atoms with Crippen molar-refractivity contribution in [2.45, 2.75) is 19.3 Å². The Morgan fingerprint density at radius 2 is 1.74 bits per heavy atom. The predicted molar refractivity (Wildman–Crippen MR) is 105 cm³/mol. The summed E-state index contributed by atoms with van der Waals surface area (Å²) in [7, 11) is 0. The lowest BCUT2D eigenvalue weighted by Gasteiger charge is -2.17. The van der Waals surface area contributed by atoms with Crippen LogP contribution < -0.4 is 15.5 Å². The highest BCUT2D eigenvalue weighted by atomic mass is 35.5. The van der Waals surface area contributed by atoms with Crippen molar-refractivity contribution in [1.82, 2.24) is 5.32 Å². The summed E-state index contributed by atoms with van der Waals surface area (Å²) in [5, 5.41) is 4.85. The van der Waals surface area contributed by atoms with Crippen molar-refractivity contribution in [3.05, 3.63) is 58.9 Å². The van der Waals surface area contributed by atoms with E-state index < -0.39 is 17.6 Å². The summed E-state index contributed by atoms with van der Waals surface area (Å²) in [5.41, 5.74) is 2.57. The van der Waals surface area contributed by atoms with Gasteiger partial charge in [0.1, 0.15) is 5.82 Å². The fraction of sp³-hybridized carbons (Fsp3) is 0.300. The molecule has 2 aromatic rings. The van der Waals surface area contributed by atoms with Gasteiger partial charge in [0, 0.05) is 31.0 Å². The van der Waals surface area contributed by atoms with Gasteiger partial charge in [-0.3, -0.25) is 9.59 Å². The van der Waals surface area contributed by atoms with Gasteiger partial charge in [-0.15, -0.1) is 0 Å². The van der Waals surface area contributed by atoms with Crippen molar-refractivity contribution in [3.63, 3.8) is 0 Å². The SMILES string of the molecule is O=C(NCCc1ccc(N2CCCC2)cc1)C(=O)Nc1ccc(F)c(Cl)c1. The van der Waals surface area contributed by atoms with E-state index in [1.165, 1.54) is 30.7 Å². The monoisotopic (exact) mass is 389 g/mol. The molecule has 1 saturated heterocycles. The first-order valence-corrected chi connectivity index (χ1v) is 9.29. The number of amides is 2. The Bertz CT molecular complexity index is 820. The van der Waals surface area contributed by atoms with E-state index in [4.69, 9.17) is 11.6 Å². The predicted octanol–water partition coefficient (Wildman–Crippen LogP) is 3.38. The summed E-state index contributed by atoms with van der Waals surface area (Å²) >= 11 is 5.65. The van der Waals surface area contributed by atoms with E-state index in [2.05, 4.69) is 27.7 Å². The maximum atomic E-state index is 13.1. The Balaban J connectivity index is 1.44. The number of nitrogens with zero attached hydrogens (tertiary/aromatic N) is 1. The third kappa shape index (κ3) is 5.20. The van der Waals surface area contributed by atoms with Gasteiger partial charge in [0.25, 0.3) is 0 Å². The maximum Gasteiger partial charge on any atom is 0.313 e. The van der Waals surface area contributed by atoms with Crippen LogP contribution in [0.2, 0.25) is 5.02 Å². The Kier molecular flexibility index (Phi) is 6.29. The summed E-state index contributed by atoms with van der Waals surface area (Å²) in [6.07, 6.45) is 3.10. The molecule has 3 rings (SSSR count). The van der Waals surface area contributed by atoms with Gasteiger partial charge < -0.3 is 15.5 Å². The Labute approximate surface area is 162 Å². The first kappa shape index (κ1) is 19.2. The molecule has 1 heterocycles. The number of halogens is 2. The van der Waals surface area contributed by atoms with E-state index in [1.54, 1.807) is 0 Å². The molecule has 2 amide bonds. The lowest BCUT2D eigenvalue weighted by Crippen LogP contribution is -2.36. The second-order valence-electron chi connectivity index (χ2n) is 6.45. The third-order valence-corrected chi connectivity index (χ3v) is 4.78. The minimum atomic E-state index is -0.818. The zero-order valence-electron chi connectivity index (χ0n) is 14.8. The smallest absolute Gasteiger partial charge is 0.313 e. The van der Waals surface area contributed by atoms with Crippen molar-refractivity contribution in [1.29, 1.82) is 0 Å². The fourth-order valence-electron chi connectivity index (χ4n) is 3.01. The highest BCUT2D eigenvalue weighted by molar-refractivity contribution is 6.39. The summed E-state index contributed by atoms with van der Waals surface area (Å²) in [4.78, 5) is 26.1. The highest BCUT2D eigenvalue weighted by Gasteiger charge is 2.14. The van der Waals surface area contributed by atoms with Crippen molar-refractivity contribution in [3.8, 4) is 0 Å². The van der Waals surface area contributed by atoms with E-state index in [0.29, 0.717) is 13.0 Å². The standard InChI is InChI=1S/C20H21ClFN3O2/c21-17-13-15(5-8-18(17)22)24-20(27)19(26)23-10-9-14-3-6-16(7-4-14)25-11-1-2-12-25/h3-8,13H,1-2,9-12H2,(H,23,26)(H,24,27). The van der Waals surface area contributed by atoms with E-state index in [0.717, 1.165) is 24.7 Å². The van der Waals surface area contributed by atoms with Crippen molar-refractivity contribution >= 4 is 34.8 Å². The molecule has 0 radical (unpaired) electrons. The molecule has 2 aromatic carbocycles. The van der Waals surface area contributed by atoms with Gasteiger partial charge in [0.2, 0.25) is 0 Å². The molecule has 0 aromatic heterocycles. The molecular weight excluding hydrogens is 369 g/mol. The molecule has 0 bridgehead atoms. The first-order chi connectivity index (χ1) is 13.0. The maximum absolute atomic E-state index is 13.1. The number of carbonyl (C=O) groups excluding carboxylic acids is 2.